The Morgan fingerprint density at radius 1 is 1.00 bits per heavy atom. The standard InChI is InChI=1S/C12H27N3/c1-5-7-8-9-15-10(3)13-12(6-2)14-11(15)4/h10-14H,5-9H2,1-4H3. The Morgan fingerprint density at radius 2 is 1.60 bits per heavy atom. The second-order valence-electron chi connectivity index (χ2n) is 4.59. The van der Waals surface area contributed by atoms with Crippen LogP contribution >= 0.6 is 0 Å². The average molecular weight is 213 g/mol. The summed E-state index contributed by atoms with van der Waals surface area (Å²) in [5.41, 5.74) is 0. The van der Waals surface area contributed by atoms with Gasteiger partial charge in [0.25, 0.3) is 0 Å². The molecule has 0 spiro atoms. The van der Waals surface area contributed by atoms with Crippen LogP contribution in [0.25, 0.3) is 0 Å². The van der Waals surface area contributed by atoms with Crippen LogP contribution in [0, 0.1) is 0 Å². The van der Waals surface area contributed by atoms with Crippen molar-refractivity contribution in [1.29, 1.82) is 0 Å². The molecular formula is C12H27N3. The minimum absolute atomic E-state index is 0.484. The van der Waals surface area contributed by atoms with Gasteiger partial charge in [-0.05, 0) is 26.7 Å². The summed E-state index contributed by atoms with van der Waals surface area (Å²) in [6.07, 6.45) is 6.59. The Bertz CT molecular complexity index is 160. The maximum atomic E-state index is 3.59. The predicted molar refractivity (Wildman–Crippen MR) is 65.5 cm³/mol. The van der Waals surface area contributed by atoms with Gasteiger partial charge in [-0.1, -0.05) is 26.7 Å². The Kier molecular flexibility index (Phi) is 5.58. The quantitative estimate of drug-likeness (QED) is 0.685. The summed E-state index contributed by atoms with van der Waals surface area (Å²) in [6.45, 7) is 10.2. The summed E-state index contributed by atoms with van der Waals surface area (Å²) >= 11 is 0. The summed E-state index contributed by atoms with van der Waals surface area (Å²) in [6, 6.07) is 0. The lowest BCUT2D eigenvalue weighted by Gasteiger charge is -2.44. The first-order chi connectivity index (χ1) is 7.19. The molecule has 2 unspecified atom stereocenters. The second kappa shape index (κ2) is 6.46. The van der Waals surface area contributed by atoms with Gasteiger partial charge in [0, 0.05) is 6.54 Å². The Hall–Kier alpha value is -0.120. The van der Waals surface area contributed by atoms with E-state index >= 15 is 0 Å². The third-order valence-electron chi connectivity index (χ3n) is 3.31. The minimum Gasteiger partial charge on any atom is -0.287 e. The molecule has 90 valence electrons. The molecule has 1 fully saturated rings. The van der Waals surface area contributed by atoms with Gasteiger partial charge < -0.3 is 0 Å². The molecule has 0 radical (unpaired) electrons. The summed E-state index contributed by atoms with van der Waals surface area (Å²) < 4.78 is 0. The smallest absolute Gasteiger partial charge is 0.0593 e. The van der Waals surface area contributed by atoms with Gasteiger partial charge in [-0.3, -0.25) is 15.5 Å². The molecule has 0 bridgehead atoms. The fraction of sp³-hybridized carbons (Fsp3) is 1.00. The molecule has 1 heterocycles. The van der Waals surface area contributed by atoms with Gasteiger partial charge in [-0.25, -0.2) is 0 Å². The molecule has 1 saturated heterocycles. The van der Waals surface area contributed by atoms with Crippen LogP contribution in [0.2, 0.25) is 0 Å². The maximum Gasteiger partial charge on any atom is 0.0593 e. The van der Waals surface area contributed by atoms with E-state index < -0.39 is 0 Å². The number of hydrogen-bond donors (Lipinski definition) is 2. The molecule has 0 aliphatic carbocycles. The summed E-state index contributed by atoms with van der Waals surface area (Å²) in [5.74, 6) is 0. The van der Waals surface area contributed by atoms with Crippen LogP contribution in [0.4, 0.5) is 0 Å². The molecule has 15 heavy (non-hydrogen) atoms. The molecular weight excluding hydrogens is 186 g/mol. The maximum absolute atomic E-state index is 3.59. The van der Waals surface area contributed by atoms with Gasteiger partial charge >= 0.3 is 0 Å². The van der Waals surface area contributed by atoms with Crippen LogP contribution in [0.3, 0.4) is 0 Å². The van der Waals surface area contributed by atoms with Crippen molar-refractivity contribution in [3.05, 3.63) is 0 Å². The molecule has 1 rings (SSSR count). The van der Waals surface area contributed by atoms with Crippen LogP contribution in [-0.2, 0) is 0 Å². The van der Waals surface area contributed by atoms with Crippen LogP contribution in [0.1, 0.15) is 53.4 Å². The van der Waals surface area contributed by atoms with Crippen LogP contribution in [0.15, 0.2) is 0 Å². The Labute approximate surface area is 94.6 Å². The molecule has 0 aromatic rings. The molecule has 0 saturated carbocycles. The van der Waals surface area contributed by atoms with E-state index in [1.165, 1.54) is 25.8 Å². The van der Waals surface area contributed by atoms with Crippen molar-refractivity contribution in [3.63, 3.8) is 0 Å². The third-order valence-corrected chi connectivity index (χ3v) is 3.31. The highest BCUT2D eigenvalue weighted by Crippen LogP contribution is 2.11. The van der Waals surface area contributed by atoms with Gasteiger partial charge in [0.1, 0.15) is 0 Å². The van der Waals surface area contributed by atoms with Crippen molar-refractivity contribution in [3.8, 4) is 0 Å². The molecule has 0 aromatic heterocycles. The van der Waals surface area contributed by atoms with Crippen LogP contribution in [0.5, 0.6) is 0 Å². The van der Waals surface area contributed by atoms with Gasteiger partial charge in [-0.15, -0.1) is 0 Å². The van der Waals surface area contributed by atoms with E-state index in [1.54, 1.807) is 0 Å². The summed E-state index contributed by atoms with van der Waals surface area (Å²) in [7, 11) is 0. The number of nitrogens with zero attached hydrogens (tertiary/aromatic N) is 1. The zero-order valence-electron chi connectivity index (χ0n) is 10.7. The minimum atomic E-state index is 0.484. The highest BCUT2D eigenvalue weighted by molar-refractivity contribution is 4.81. The number of hydrogen-bond acceptors (Lipinski definition) is 3. The molecule has 2 N–H and O–H groups in total. The molecule has 1 aliphatic heterocycles. The molecule has 3 heteroatoms. The number of unbranched alkanes of at least 4 members (excludes halogenated alkanes) is 2. The lowest BCUT2D eigenvalue weighted by Crippen LogP contribution is -2.66. The van der Waals surface area contributed by atoms with E-state index in [4.69, 9.17) is 0 Å². The predicted octanol–water partition coefficient (Wildman–Crippen LogP) is 2.10. The first-order valence-electron chi connectivity index (χ1n) is 6.46. The second-order valence-corrected chi connectivity index (χ2v) is 4.59. The fourth-order valence-electron chi connectivity index (χ4n) is 2.32. The van der Waals surface area contributed by atoms with Crippen molar-refractivity contribution < 1.29 is 0 Å². The van der Waals surface area contributed by atoms with Gasteiger partial charge in [0.15, 0.2) is 0 Å². The fourth-order valence-corrected chi connectivity index (χ4v) is 2.32. The van der Waals surface area contributed by atoms with Gasteiger partial charge in [-0.2, -0.15) is 0 Å². The number of rotatable bonds is 5. The lowest BCUT2D eigenvalue weighted by molar-refractivity contribution is 0.0364. The first-order valence-corrected chi connectivity index (χ1v) is 6.46. The van der Waals surface area contributed by atoms with E-state index in [2.05, 4.69) is 43.2 Å². The van der Waals surface area contributed by atoms with Crippen molar-refractivity contribution in [2.45, 2.75) is 71.9 Å². The molecule has 1 aliphatic rings. The van der Waals surface area contributed by atoms with E-state index in [9.17, 15) is 0 Å². The molecule has 3 nitrogen and oxygen atoms in total. The van der Waals surface area contributed by atoms with E-state index in [0.29, 0.717) is 18.5 Å². The van der Waals surface area contributed by atoms with Crippen LogP contribution < -0.4 is 10.6 Å². The summed E-state index contributed by atoms with van der Waals surface area (Å²) in [4.78, 5) is 2.52. The van der Waals surface area contributed by atoms with Crippen molar-refractivity contribution in [1.82, 2.24) is 15.5 Å². The first kappa shape index (κ1) is 12.9. The van der Waals surface area contributed by atoms with E-state index in [1.807, 2.05) is 0 Å². The normalized spacial score (nSPS) is 33.2. The van der Waals surface area contributed by atoms with E-state index in [-0.39, 0.29) is 0 Å². The van der Waals surface area contributed by atoms with Gasteiger partial charge in [0.05, 0.1) is 18.5 Å². The van der Waals surface area contributed by atoms with Crippen molar-refractivity contribution in [2.24, 2.45) is 0 Å². The number of nitrogens with one attached hydrogen (secondary N) is 2. The van der Waals surface area contributed by atoms with Crippen LogP contribution in [-0.4, -0.2) is 29.9 Å². The third kappa shape index (κ3) is 3.74. The highest BCUT2D eigenvalue weighted by atomic mass is 15.4. The van der Waals surface area contributed by atoms with Crippen molar-refractivity contribution >= 4 is 0 Å². The lowest BCUT2D eigenvalue weighted by atomic mass is 10.2. The van der Waals surface area contributed by atoms with Gasteiger partial charge in [0.2, 0.25) is 0 Å². The largest absolute Gasteiger partial charge is 0.287 e. The van der Waals surface area contributed by atoms with Crippen molar-refractivity contribution in [2.75, 3.05) is 6.54 Å². The molecule has 0 amide bonds. The topological polar surface area (TPSA) is 27.3 Å². The average Bonchev–Trinajstić information content (AvgIpc) is 2.22. The molecule has 0 aromatic carbocycles. The Morgan fingerprint density at radius 3 is 2.07 bits per heavy atom. The SMILES string of the molecule is CCCCCN1C(C)NC(CC)NC1C. The Balaban J connectivity index is 2.36. The molecule has 2 atom stereocenters. The zero-order valence-corrected chi connectivity index (χ0v) is 10.7. The highest BCUT2D eigenvalue weighted by Gasteiger charge is 2.27. The zero-order chi connectivity index (χ0) is 11.3. The monoisotopic (exact) mass is 213 g/mol. The van der Waals surface area contributed by atoms with E-state index in [0.717, 1.165) is 6.42 Å². The summed E-state index contributed by atoms with van der Waals surface area (Å²) in [5, 5.41) is 7.18.